The van der Waals surface area contributed by atoms with Crippen LogP contribution < -0.4 is 5.73 Å². The van der Waals surface area contributed by atoms with E-state index in [1.807, 2.05) is 31.2 Å². The fourth-order valence-electron chi connectivity index (χ4n) is 2.22. The zero-order valence-electron chi connectivity index (χ0n) is 11.7. The van der Waals surface area contributed by atoms with Crippen LogP contribution in [0.2, 0.25) is 5.02 Å². The average Bonchev–Trinajstić information content (AvgIpc) is 2.27. The Morgan fingerprint density at radius 1 is 1.28 bits per heavy atom. The van der Waals surface area contributed by atoms with Crippen LogP contribution >= 0.6 is 11.6 Å². The molecule has 1 aromatic carbocycles. The maximum absolute atomic E-state index is 6.31. The first-order valence-corrected chi connectivity index (χ1v) is 6.84. The number of nitrogens with two attached hydrogens (primary N) is 1. The highest BCUT2D eigenvalue weighted by molar-refractivity contribution is 6.31. The van der Waals surface area contributed by atoms with Gasteiger partial charge < -0.3 is 10.5 Å². The van der Waals surface area contributed by atoms with Gasteiger partial charge >= 0.3 is 0 Å². The Labute approximate surface area is 115 Å². The van der Waals surface area contributed by atoms with Gasteiger partial charge in [0.15, 0.2) is 0 Å². The van der Waals surface area contributed by atoms with Crippen molar-refractivity contribution in [3.63, 3.8) is 0 Å². The lowest BCUT2D eigenvalue weighted by molar-refractivity contribution is -0.0274. The smallest absolute Gasteiger partial charge is 0.0777 e. The van der Waals surface area contributed by atoms with Crippen LogP contribution in [0.1, 0.15) is 33.3 Å². The van der Waals surface area contributed by atoms with E-state index in [1.165, 1.54) is 0 Å². The average molecular weight is 270 g/mol. The van der Waals surface area contributed by atoms with Gasteiger partial charge in [-0.2, -0.15) is 0 Å². The summed E-state index contributed by atoms with van der Waals surface area (Å²) in [7, 11) is 0. The molecule has 0 amide bonds. The minimum atomic E-state index is -0.0511. The molecule has 2 N–H and O–H groups in total. The lowest BCUT2D eigenvalue weighted by Gasteiger charge is -2.35. The van der Waals surface area contributed by atoms with Gasteiger partial charge in [-0.3, -0.25) is 0 Å². The predicted octanol–water partition coefficient (Wildman–Crippen LogP) is 3.66. The quantitative estimate of drug-likeness (QED) is 0.885. The van der Waals surface area contributed by atoms with Crippen LogP contribution in [0.5, 0.6) is 0 Å². The normalized spacial score (nSPS) is 15.4. The number of rotatable bonds is 5. The standard InChI is InChI=1S/C15H24ClNO/c1-5-18-14(15(2,3)4)13(17)10-11-8-6-7-9-12(11)16/h6-9,13-14H,5,10,17H2,1-4H3. The molecule has 0 spiro atoms. The van der Waals surface area contributed by atoms with Crippen LogP contribution in [0.3, 0.4) is 0 Å². The lowest BCUT2D eigenvalue weighted by Crippen LogP contribution is -2.46. The van der Waals surface area contributed by atoms with Crippen LogP contribution in [-0.4, -0.2) is 18.8 Å². The number of benzene rings is 1. The Morgan fingerprint density at radius 2 is 1.89 bits per heavy atom. The van der Waals surface area contributed by atoms with Crippen LogP contribution in [-0.2, 0) is 11.2 Å². The van der Waals surface area contributed by atoms with Gasteiger partial charge in [0.1, 0.15) is 0 Å². The van der Waals surface area contributed by atoms with Crippen molar-refractivity contribution in [2.45, 2.75) is 46.3 Å². The lowest BCUT2D eigenvalue weighted by atomic mass is 9.82. The summed E-state index contributed by atoms with van der Waals surface area (Å²) in [5.41, 5.74) is 7.42. The minimum Gasteiger partial charge on any atom is -0.376 e. The van der Waals surface area contributed by atoms with Crippen molar-refractivity contribution in [3.05, 3.63) is 34.9 Å². The van der Waals surface area contributed by atoms with Gasteiger partial charge in [-0.25, -0.2) is 0 Å². The van der Waals surface area contributed by atoms with Gasteiger partial charge in [0.05, 0.1) is 6.10 Å². The molecule has 0 fully saturated rings. The van der Waals surface area contributed by atoms with E-state index in [2.05, 4.69) is 20.8 Å². The van der Waals surface area contributed by atoms with Gasteiger partial charge in [-0.15, -0.1) is 0 Å². The Morgan fingerprint density at radius 3 is 2.39 bits per heavy atom. The van der Waals surface area contributed by atoms with Gasteiger partial charge in [0, 0.05) is 17.7 Å². The first-order chi connectivity index (χ1) is 8.36. The number of hydrogen-bond donors (Lipinski definition) is 1. The van der Waals surface area contributed by atoms with E-state index in [0.717, 1.165) is 17.0 Å². The maximum Gasteiger partial charge on any atom is 0.0777 e. The van der Waals surface area contributed by atoms with Crippen LogP contribution in [0.15, 0.2) is 24.3 Å². The molecule has 0 aliphatic rings. The first kappa shape index (κ1) is 15.5. The van der Waals surface area contributed by atoms with E-state index in [-0.39, 0.29) is 17.6 Å². The molecule has 18 heavy (non-hydrogen) atoms. The zero-order valence-corrected chi connectivity index (χ0v) is 12.5. The van der Waals surface area contributed by atoms with Crippen molar-refractivity contribution < 1.29 is 4.74 Å². The van der Waals surface area contributed by atoms with Gasteiger partial charge in [-0.05, 0) is 30.4 Å². The molecule has 0 saturated carbocycles. The first-order valence-electron chi connectivity index (χ1n) is 6.46. The molecular formula is C15H24ClNO. The second-order valence-electron chi connectivity index (χ2n) is 5.70. The molecule has 2 atom stereocenters. The molecule has 0 bridgehead atoms. The number of halogens is 1. The van der Waals surface area contributed by atoms with E-state index in [9.17, 15) is 0 Å². The number of hydrogen-bond acceptors (Lipinski definition) is 2. The largest absolute Gasteiger partial charge is 0.376 e. The summed E-state index contributed by atoms with van der Waals surface area (Å²) >= 11 is 6.17. The SMILES string of the molecule is CCOC(C(N)Cc1ccccc1Cl)C(C)(C)C. The highest BCUT2D eigenvalue weighted by Gasteiger charge is 2.31. The van der Waals surface area contributed by atoms with Crippen molar-refractivity contribution in [3.8, 4) is 0 Å². The molecule has 0 heterocycles. The molecule has 2 nitrogen and oxygen atoms in total. The summed E-state index contributed by atoms with van der Waals surface area (Å²) in [6.07, 6.45) is 0.764. The Kier molecular flexibility index (Phi) is 5.64. The van der Waals surface area contributed by atoms with E-state index in [1.54, 1.807) is 0 Å². The molecule has 0 saturated heterocycles. The summed E-state index contributed by atoms with van der Waals surface area (Å²) < 4.78 is 5.81. The second-order valence-corrected chi connectivity index (χ2v) is 6.11. The summed E-state index contributed by atoms with van der Waals surface area (Å²) in [6.45, 7) is 9.14. The predicted molar refractivity (Wildman–Crippen MR) is 78.0 cm³/mol. The topological polar surface area (TPSA) is 35.2 Å². The second kappa shape index (κ2) is 6.55. The van der Waals surface area contributed by atoms with E-state index in [4.69, 9.17) is 22.1 Å². The van der Waals surface area contributed by atoms with Gasteiger partial charge in [-0.1, -0.05) is 50.6 Å². The molecule has 3 heteroatoms. The fraction of sp³-hybridized carbons (Fsp3) is 0.600. The molecule has 102 valence electrons. The third-order valence-electron chi connectivity index (χ3n) is 3.00. The molecule has 0 aliphatic heterocycles. The Bertz CT molecular complexity index is 373. The third kappa shape index (κ3) is 4.27. The van der Waals surface area contributed by atoms with Crippen LogP contribution in [0.4, 0.5) is 0 Å². The molecule has 2 unspecified atom stereocenters. The molecule has 0 aromatic heterocycles. The summed E-state index contributed by atoms with van der Waals surface area (Å²) in [5.74, 6) is 0. The van der Waals surface area contributed by atoms with Gasteiger partial charge in [0.2, 0.25) is 0 Å². The summed E-state index contributed by atoms with van der Waals surface area (Å²) in [5, 5.41) is 0.775. The summed E-state index contributed by atoms with van der Waals surface area (Å²) in [4.78, 5) is 0. The van der Waals surface area contributed by atoms with Crippen molar-refractivity contribution in [2.75, 3.05) is 6.61 Å². The molecule has 0 aliphatic carbocycles. The maximum atomic E-state index is 6.31. The highest BCUT2D eigenvalue weighted by atomic mass is 35.5. The highest BCUT2D eigenvalue weighted by Crippen LogP contribution is 2.27. The molecular weight excluding hydrogens is 246 g/mol. The van der Waals surface area contributed by atoms with E-state index >= 15 is 0 Å². The molecule has 0 radical (unpaired) electrons. The van der Waals surface area contributed by atoms with E-state index in [0.29, 0.717) is 6.61 Å². The van der Waals surface area contributed by atoms with Crippen LogP contribution in [0.25, 0.3) is 0 Å². The van der Waals surface area contributed by atoms with E-state index < -0.39 is 0 Å². The van der Waals surface area contributed by atoms with Crippen molar-refractivity contribution in [1.82, 2.24) is 0 Å². The van der Waals surface area contributed by atoms with Crippen LogP contribution in [0, 0.1) is 5.41 Å². The fourth-order valence-corrected chi connectivity index (χ4v) is 2.43. The minimum absolute atomic E-state index is 0.0245. The third-order valence-corrected chi connectivity index (χ3v) is 3.37. The van der Waals surface area contributed by atoms with Gasteiger partial charge in [0.25, 0.3) is 0 Å². The molecule has 1 aromatic rings. The summed E-state index contributed by atoms with van der Waals surface area (Å²) in [6, 6.07) is 7.79. The van der Waals surface area contributed by atoms with Crippen molar-refractivity contribution >= 4 is 11.6 Å². The zero-order chi connectivity index (χ0) is 13.8. The Hall–Kier alpha value is -0.570. The Balaban J connectivity index is 2.79. The van der Waals surface area contributed by atoms with Crippen molar-refractivity contribution in [2.24, 2.45) is 11.1 Å². The monoisotopic (exact) mass is 269 g/mol. The number of ether oxygens (including phenoxy) is 1. The van der Waals surface area contributed by atoms with Crippen molar-refractivity contribution in [1.29, 1.82) is 0 Å². The molecule has 1 rings (SSSR count).